The molecule has 0 unspecified atom stereocenters. The Morgan fingerprint density at radius 1 is 1.17 bits per heavy atom. The molecule has 29 heavy (non-hydrogen) atoms. The summed E-state index contributed by atoms with van der Waals surface area (Å²) in [6, 6.07) is 8.83. The quantitative estimate of drug-likeness (QED) is 0.783. The van der Waals surface area contributed by atoms with E-state index in [1.807, 2.05) is 6.92 Å². The van der Waals surface area contributed by atoms with Crippen molar-refractivity contribution in [2.45, 2.75) is 71.4 Å². The van der Waals surface area contributed by atoms with Crippen molar-refractivity contribution in [3.8, 4) is 11.5 Å². The van der Waals surface area contributed by atoms with E-state index in [1.165, 1.54) is 18.4 Å². The number of hydrogen-bond donors (Lipinski definition) is 1. The van der Waals surface area contributed by atoms with Crippen LogP contribution in [0.1, 0.15) is 62.5 Å². The highest BCUT2D eigenvalue weighted by atomic mass is 16.4. The van der Waals surface area contributed by atoms with Crippen molar-refractivity contribution in [1.29, 1.82) is 0 Å². The number of likely N-dealkylation sites (tertiary alicyclic amines) is 1. The molecule has 1 amide bonds. The Labute approximate surface area is 173 Å². The summed E-state index contributed by atoms with van der Waals surface area (Å²) >= 11 is 0. The van der Waals surface area contributed by atoms with E-state index in [2.05, 4.69) is 41.4 Å². The Hall–Kier alpha value is -2.14. The van der Waals surface area contributed by atoms with Crippen molar-refractivity contribution in [3.63, 3.8) is 0 Å². The Morgan fingerprint density at radius 3 is 2.66 bits per heavy atom. The van der Waals surface area contributed by atoms with E-state index in [1.54, 1.807) is 0 Å². The molecule has 1 saturated carbocycles. The zero-order valence-corrected chi connectivity index (χ0v) is 17.7. The highest BCUT2D eigenvalue weighted by molar-refractivity contribution is 5.79. The molecule has 0 radical (unpaired) electrons. The van der Waals surface area contributed by atoms with Crippen molar-refractivity contribution in [1.82, 2.24) is 15.2 Å². The zero-order valence-electron chi connectivity index (χ0n) is 17.7. The molecule has 1 N–H and O–H groups in total. The summed E-state index contributed by atoms with van der Waals surface area (Å²) in [7, 11) is 0. The largest absolute Gasteiger partial charge is 0.441 e. The molecule has 5 nitrogen and oxygen atoms in total. The molecule has 2 aromatic rings. The number of oxazole rings is 1. The van der Waals surface area contributed by atoms with Gasteiger partial charge in [-0.3, -0.25) is 9.69 Å². The molecular weight excluding hydrogens is 362 g/mol. The van der Waals surface area contributed by atoms with E-state index >= 15 is 0 Å². The van der Waals surface area contributed by atoms with Gasteiger partial charge in [-0.25, -0.2) is 4.98 Å². The first kappa shape index (κ1) is 20.1. The normalized spacial score (nSPS) is 20.8. The lowest BCUT2D eigenvalue weighted by atomic mass is 9.96. The lowest BCUT2D eigenvalue weighted by molar-refractivity contribution is -0.127. The van der Waals surface area contributed by atoms with Gasteiger partial charge in [0.2, 0.25) is 11.8 Å². The van der Waals surface area contributed by atoms with E-state index in [-0.39, 0.29) is 11.8 Å². The monoisotopic (exact) mass is 395 g/mol. The third-order valence-corrected chi connectivity index (χ3v) is 6.45. The van der Waals surface area contributed by atoms with Crippen LogP contribution in [0.3, 0.4) is 0 Å². The number of benzene rings is 1. The molecule has 1 aromatic heterocycles. The molecule has 1 saturated heterocycles. The summed E-state index contributed by atoms with van der Waals surface area (Å²) in [4.78, 5) is 19.8. The summed E-state index contributed by atoms with van der Waals surface area (Å²) in [6.45, 7) is 6.71. The van der Waals surface area contributed by atoms with Gasteiger partial charge in [0.25, 0.3) is 0 Å². The van der Waals surface area contributed by atoms with Crippen LogP contribution in [0.5, 0.6) is 0 Å². The van der Waals surface area contributed by atoms with Crippen LogP contribution in [0.15, 0.2) is 28.7 Å². The standard InChI is InChI=1S/C24H33N3O2/c1-3-18-10-12-19(13-11-18)24-26-22(17(2)29-24)16-27-14-6-7-20(15-27)23(28)25-21-8-4-5-9-21/h10-13,20-21H,3-9,14-16H2,1-2H3,(H,25,28)/t20-/m1/s1. The molecule has 0 bridgehead atoms. The first-order chi connectivity index (χ1) is 14.1. The third kappa shape index (κ3) is 4.89. The lowest BCUT2D eigenvalue weighted by Gasteiger charge is -2.32. The number of nitrogens with zero attached hydrogens (tertiary/aromatic N) is 2. The van der Waals surface area contributed by atoms with Gasteiger partial charge in [0, 0.05) is 24.7 Å². The van der Waals surface area contributed by atoms with Gasteiger partial charge in [0.1, 0.15) is 5.76 Å². The number of nitrogens with one attached hydrogen (secondary N) is 1. The van der Waals surface area contributed by atoms with Gasteiger partial charge in [0.05, 0.1) is 11.6 Å². The molecule has 1 aliphatic carbocycles. The Bertz CT molecular complexity index is 821. The fourth-order valence-electron chi connectivity index (χ4n) is 4.60. The van der Waals surface area contributed by atoms with Gasteiger partial charge in [-0.15, -0.1) is 0 Å². The van der Waals surface area contributed by atoms with Gasteiger partial charge in [-0.05, 0) is 63.3 Å². The lowest BCUT2D eigenvalue weighted by Crippen LogP contribution is -2.45. The molecule has 1 aliphatic heterocycles. The van der Waals surface area contributed by atoms with Crippen LogP contribution in [0.25, 0.3) is 11.5 Å². The second-order valence-electron chi connectivity index (χ2n) is 8.64. The SMILES string of the molecule is CCc1ccc(-c2nc(CN3CCC[C@@H](C(=O)NC4CCCC4)C3)c(C)o2)cc1. The third-order valence-electron chi connectivity index (χ3n) is 6.45. The number of rotatable bonds is 6. The molecule has 5 heteroatoms. The summed E-state index contributed by atoms with van der Waals surface area (Å²) in [6.07, 6.45) is 7.85. The predicted octanol–water partition coefficient (Wildman–Crippen LogP) is 4.48. The second kappa shape index (κ2) is 9.12. The summed E-state index contributed by atoms with van der Waals surface area (Å²) < 4.78 is 5.96. The van der Waals surface area contributed by atoms with Crippen molar-refractivity contribution in [3.05, 3.63) is 41.3 Å². The maximum Gasteiger partial charge on any atom is 0.226 e. The number of hydrogen-bond acceptors (Lipinski definition) is 4. The summed E-state index contributed by atoms with van der Waals surface area (Å²) in [5.41, 5.74) is 3.31. The fraction of sp³-hybridized carbons (Fsp3) is 0.583. The molecule has 4 rings (SSSR count). The van der Waals surface area contributed by atoms with Crippen molar-refractivity contribution in [2.75, 3.05) is 13.1 Å². The second-order valence-corrected chi connectivity index (χ2v) is 8.64. The molecule has 0 spiro atoms. The van der Waals surface area contributed by atoms with Gasteiger partial charge in [-0.2, -0.15) is 0 Å². The molecule has 2 fully saturated rings. The minimum Gasteiger partial charge on any atom is -0.441 e. The highest BCUT2D eigenvalue weighted by Crippen LogP contribution is 2.25. The average molecular weight is 396 g/mol. The Balaban J connectivity index is 1.38. The van der Waals surface area contributed by atoms with Crippen LogP contribution in [0, 0.1) is 12.8 Å². The van der Waals surface area contributed by atoms with Gasteiger partial charge in [0.15, 0.2) is 0 Å². The van der Waals surface area contributed by atoms with E-state index in [0.717, 1.165) is 68.8 Å². The van der Waals surface area contributed by atoms with E-state index < -0.39 is 0 Å². The summed E-state index contributed by atoms with van der Waals surface area (Å²) in [5.74, 6) is 1.90. The minimum absolute atomic E-state index is 0.0950. The molecule has 156 valence electrons. The minimum atomic E-state index is 0.0950. The molecule has 1 aromatic carbocycles. The van der Waals surface area contributed by atoms with Crippen LogP contribution in [0.4, 0.5) is 0 Å². The molecule has 1 atom stereocenters. The number of aromatic nitrogens is 1. The van der Waals surface area contributed by atoms with Crippen LogP contribution in [-0.4, -0.2) is 34.9 Å². The maximum atomic E-state index is 12.7. The molecule has 2 aliphatic rings. The molecule has 2 heterocycles. The maximum absolute atomic E-state index is 12.7. The van der Waals surface area contributed by atoms with Gasteiger partial charge < -0.3 is 9.73 Å². The van der Waals surface area contributed by atoms with Crippen LogP contribution < -0.4 is 5.32 Å². The van der Waals surface area contributed by atoms with E-state index in [0.29, 0.717) is 11.9 Å². The van der Waals surface area contributed by atoms with E-state index in [4.69, 9.17) is 9.40 Å². The number of carbonyl (C=O) groups is 1. The predicted molar refractivity (Wildman–Crippen MR) is 114 cm³/mol. The van der Waals surface area contributed by atoms with Gasteiger partial charge >= 0.3 is 0 Å². The van der Waals surface area contributed by atoms with Crippen molar-refractivity contribution in [2.24, 2.45) is 5.92 Å². The number of aryl methyl sites for hydroxylation is 2. The first-order valence-electron chi connectivity index (χ1n) is 11.2. The number of piperidine rings is 1. The average Bonchev–Trinajstić information content (AvgIpc) is 3.38. The van der Waals surface area contributed by atoms with Crippen molar-refractivity contribution < 1.29 is 9.21 Å². The number of amides is 1. The fourth-order valence-corrected chi connectivity index (χ4v) is 4.60. The first-order valence-corrected chi connectivity index (χ1v) is 11.2. The van der Waals surface area contributed by atoms with Crippen LogP contribution in [0.2, 0.25) is 0 Å². The van der Waals surface area contributed by atoms with Gasteiger partial charge in [-0.1, -0.05) is 31.9 Å². The zero-order chi connectivity index (χ0) is 20.2. The number of carbonyl (C=O) groups excluding carboxylic acids is 1. The van der Waals surface area contributed by atoms with Crippen LogP contribution >= 0.6 is 0 Å². The van der Waals surface area contributed by atoms with Crippen LogP contribution in [-0.2, 0) is 17.8 Å². The molecular formula is C24H33N3O2. The smallest absolute Gasteiger partial charge is 0.226 e. The Morgan fingerprint density at radius 2 is 1.93 bits per heavy atom. The van der Waals surface area contributed by atoms with E-state index in [9.17, 15) is 4.79 Å². The van der Waals surface area contributed by atoms with Crippen molar-refractivity contribution >= 4 is 5.91 Å². The topological polar surface area (TPSA) is 58.4 Å². The Kier molecular flexibility index (Phi) is 6.34. The summed E-state index contributed by atoms with van der Waals surface area (Å²) in [5, 5.41) is 3.28. The highest BCUT2D eigenvalue weighted by Gasteiger charge is 2.29.